The number of hydrogen-bond acceptors (Lipinski definition) is 7. The minimum atomic E-state index is -1.78. The number of ketones is 2. The van der Waals surface area contributed by atoms with Crippen LogP contribution in [0.3, 0.4) is 0 Å². The SMILES string of the molecule is C=CCC(C=C)(OC(=O)CC(C)=O)OC(C=C)(CC=C)OC(=O)CC(C)=O. The van der Waals surface area contributed by atoms with E-state index in [0.717, 1.165) is 0 Å². The number of carbonyl (C=O) groups is 4. The molecule has 7 nitrogen and oxygen atoms in total. The Labute approximate surface area is 159 Å². The zero-order valence-electron chi connectivity index (χ0n) is 15.8. The zero-order valence-corrected chi connectivity index (χ0v) is 15.8. The second-order valence-electron chi connectivity index (χ2n) is 5.83. The highest BCUT2D eigenvalue weighted by Gasteiger charge is 2.43. The molecule has 0 amide bonds. The number of hydrogen-bond donors (Lipinski definition) is 0. The topological polar surface area (TPSA) is 96.0 Å². The van der Waals surface area contributed by atoms with Crippen LogP contribution in [0.1, 0.15) is 39.5 Å². The third-order valence-electron chi connectivity index (χ3n) is 3.19. The Kier molecular flexibility index (Phi) is 9.88. The van der Waals surface area contributed by atoms with Crippen LogP contribution in [0.25, 0.3) is 0 Å². The second-order valence-corrected chi connectivity index (χ2v) is 5.83. The smallest absolute Gasteiger partial charge is 0.316 e. The summed E-state index contributed by atoms with van der Waals surface area (Å²) < 4.78 is 16.4. The standard InChI is InChI=1S/C20H26O7/c1-7-11-19(9-3,25-17(23)13-15(5)21)27-20(10-4,12-8-2)26-18(24)14-16(6)22/h7-10H,1-4,11-14H2,5-6H3. The van der Waals surface area contributed by atoms with Crippen LogP contribution >= 0.6 is 0 Å². The van der Waals surface area contributed by atoms with Gasteiger partial charge < -0.3 is 9.47 Å². The molecule has 0 aromatic rings. The molecule has 0 aliphatic carbocycles. The van der Waals surface area contributed by atoms with E-state index in [0.29, 0.717) is 0 Å². The van der Waals surface area contributed by atoms with Crippen molar-refractivity contribution in [3.05, 3.63) is 50.6 Å². The number of Topliss-reactive ketones (excluding diaryl/α,β-unsaturated/α-hetero) is 2. The summed E-state index contributed by atoms with van der Waals surface area (Å²) in [5.74, 6) is -6.05. The third kappa shape index (κ3) is 8.42. The van der Waals surface area contributed by atoms with E-state index in [1.165, 1.54) is 38.2 Å². The Bertz CT molecular complexity index is 580. The molecule has 0 fully saturated rings. The van der Waals surface area contributed by atoms with Gasteiger partial charge in [0.2, 0.25) is 11.6 Å². The van der Waals surface area contributed by atoms with Gasteiger partial charge in [0.25, 0.3) is 0 Å². The van der Waals surface area contributed by atoms with E-state index >= 15 is 0 Å². The molecular weight excluding hydrogens is 352 g/mol. The quantitative estimate of drug-likeness (QED) is 0.198. The molecule has 2 unspecified atom stereocenters. The summed E-state index contributed by atoms with van der Waals surface area (Å²) in [4.78, 5) is 46.3. The molecule has 0 heterocycles. The van der Waals surface area contributed by atoms with Crippen LogP contribution < -0.4 is 0 Å². The number of rotatable bonds is 14. The first-order valence-corrected chi connectivity index (χ1v) is 8.19. The molecule has 27 heavy (non-hydrogen) atoms. The molecule has 0 saturated carbocycles. The number of ether oxygens (including phenoxy) is 3. The van der Waals surface area contributed by atoms with Crippen molar-refractivity contribution < 1.29 is 33.4 Å². The molecule has 0 aromatic carbocycles. The van der Waals surface area contributed by atoms with Crippen molar-refractivity contribution in [2.75, 3.05) is 0 Å². The predicted molar refractivity (Wildman–Crippen MR) is 99.3 cm³/mol. The van der Waals surface area contributed by atoms with Crippen molar-refractivity contribution in [1.82, 2.24) is 0 Å². The van der Waals surface area contributed by atoms with Gasteiger partial charge in [-0.2, -0.15) is 0 Å². The van der Waals surface area contributed by atoms with E-state index in [9.17, 15) is 19.2 Å². The van der Waals surface area contributed by atoms with Crippen LogP contribution in [-0.4, -0.2) is 35.1 Å². The first kappa shape index (κ1) is 24.2. The first-order valence-electron chi connectivity index (χ1n) is 8.19. The highest BCUT2D eigenvalue weighted by molar-refractivity contribution is 5.94. The normalized spacial score (nSPS) is 14.6. The molecule has 7 heteroatoms. The predicted octanol–water partition coefficient (Wildman–Crippen LogP) is 2.96. The average Bonchev–Trinajstić information content (AvgIpc) is 2.53. The summed E-state index contributed by atoms with van der Waals surface area (Å²) >= 11 is 0. The molecule has 0 N–H and O–H groups in total. The van der Waals surface area contributed by atoms with E-state index in [4.69, 9.17) is 14.2 Å². The molecule has 2 atom stereocenters. The highest BCUT2D eigenvalue weighted by Crippen LogP contribution is 2.32. The summed E-state index contributed by atoms with van der Waals surface area (Å²) in [5, 5.41) is 0. The molecule has 0 bridgehead atoms. The molecule has 0 spiro atoms. The minimum absolute atomic E-state index is 0.0445. The first-order chi connectivity index (χ1) is 12.6. The monoisotopic (exact) mass is 378 g/mol. The maximum atomic E-state index is 12.0. The molecule has 0 aliphatic heterocycles. The summed E-state index contributed by atoms with van der Waals surface area (Å²) in [6.07, 6.45) is 4.16. The zero-order chi connectivity index (χ0) is 21.1. The van der Waals surface area contributed by atoms with Crippen molar-refractivity contribution in [2.45, 2.75) is 51.1 Å². The third-order valence-corrected chi connectivity index (χ3v) is 3.19. The van der Waals surface area contributed by atoms with Crippen LogP contribution in [0.4, 0.5) is 0 Å². The van der Waals surface area contributed by atoms with Gasteiger partial charge in [0, 0.05) is 12.8 Å². The summed E-state index contributed by atoms with van der Waals surface area (Å²) in [7, 11) is 0. The maximum absolute atomic E-state index is 12.0. The molecule has 0 saturated heterocycles. The minimum Gasteiger partial charge on any atom is -0.428 e. The Morgan fingerprint density at radius 1 is 0.741 bits per heavy atom. The van der Waals surface area contributed by atoms with Gasteiger partial charge in [-0.15, -0.1) is 13.2 Å². The molecule has 0 radical (unpaired) electrons. The Morgan fingerprint density at radius 2 is 1.07 bits per heavy atom. The molecule has 0 aliphatic rings. The van der Waals surface area contributed by atoms with Crippen molar-refractivity contribution in [2.24, 2.45) is 0 Å². The van der Waals surface area contributed by atoms with Gasteiger partial charge in [-0.1, -0.05) is 25.3 Å². The van der Waals surface area contributed by atoms with Crippen molar-refractivity contribution >= 4 is 23.5 Å². The van der Waals surface area contributed by atoms with Crippen LogP contribution in [0, 0.1) is 0 Å². The van der Waals surface area contributed by atoms with Crippen LogP contribution in [0.15, 0.2) is 50.6 Å². The van der Waals surface area contributed by atoms with Gasteiger partial charge in [0.05, 0.1) is 0 Å². The highest BCUT2D eigenvalue weighted by atomic mass is 16.8. The Morgan fingerprint density at radius 3 is 1.30 bits per heavy atom. The number of esters is 2. The van der Waals surface area contributed by atoms with Gasteiger partial charge >= 0.3 is 11.9 Å². The second kappa shape index (κ2) is 11.0. The van der Waals surface area contributed by atoms with E-state index in [1.807, 2.05) is 0 Å². The van der Waals surface area contributed by atoms with Gasteiger partial charge in [-0.05, 0) is 26.0 Å². The molecule has 0 aromatic heterocycles. The van der Waals surface area contributed by atoms with Gasteiger partial charge in [-0.3, -0.25) is 23.9 Å². The summed E-state index contributed by atoms with van der Waals surface area (Å²) in [6.45, 7) is 16.8. The summed E-state index contributed by atoms with van der Waals surface area (Å²) in [5.41, 5.74) is 0. The van der Waals surface area contributed by atoms with Crippen molar-refractivity contribution in [1.29, 1.82) is 0 Å². The summed E-state index contributed by atoms with van der Waals surface area (Å²) in [6, 6.07) is 0. The van der Waals surface area contributed by atoms with Crippen molar-refractivity contribution in [3.8, 4) is 0 Å². The lowest BCUT2D eigenvalue weighted by molar-refractivity contribution is -0.300. The fourth-order valence-corrected chi connectivity index (χ4v) is 2.10. The lowest BCUT2D eigenvalue weighted by Gasteiger charge is -2.38. The lowest BCUT2D eigenvalue weighted by atomic mass is 10.1. The van der Waals surface area contributed by atoms with Gasteiger partial charge in [0.1, 0.15) is 24.4 Å². The Balaban J connectivity index is 5.82. The largest absolute Gasteiger partial charge is 0.428 e. The fourth-order valence-electron chi connectivity index (χ4n) is 2.10. The number of carbonyl (C=O) groups excluding carboxylic acids is 4. The van der Waals surface area contributed by atoms with Crippen LogP contribution in [0.5, 0.6) is 0 Å². The van der Waals surface area contributed by atoms with Gasteiger partial charge in [-0.25, -0.2) is 0 Å². The van der Waals surface area contributed by atoms with Crippen LogP contribution in [0.2, 0.25) is 0 Å². The van der Waals surface area contributed by atoms with Crippen LogP contribution in [-0.2, 0) is 33.4 Å². The van der Waals surface area contributed by atoms with E-state index < -0.39 is 47.9 Å². The van der Waals surface area contributed by atoms with Crippen molar-refractivity contribution in [3.63, 3.8) is 0 Å². The van der Waals surface area contributed by atoms with E-state index in [-0.39, 0.29) is 12.8 Å². The van der Waals surface area contributed by atoms with Gasteiger partial charge in [0.15, 0.2) is 0 Å². The molecular formula is C20H26O7. The Hall–Kier alpha value is -2.80. The van der Waals surface area contributed by atoms with E-state index in [1.54, 1.807) is 0 Å². The molecule has 148 valence electrons. The molecule has 0 rings (SSSR count). The average molecular weight is 378 g/mol. The maximum Gasteiger partial charge on any atom is 0.316 e. The fraction of sp³-hybridized carbons (Fsp3) is 0.400. The van der Waals surface area contributed by atoms with E-state index in [2.05, 4.69) is 26.3 Å². The lowest BCUT2D eigenvalue weighted by Crippen LogP contribution is -2.47.